The summed E-state index contributed by atoms with van der Waals surface area (Å²) in [6.07, 6.45) is 0. The third-order valence-electron chi connectivity index (χ3n) is 6.34. The van der Waals surface area contributed by atoms with E-state index >= 15 is 0 Å². The Morgan fingerprint density at radius 2 is 0.871 bits per heavy atom. The van der Waals surface area contributed by atoms with Gasteiger partial charge >= 0.3 is 0 Å². The maximum atomic E-state index is 11.3. The van der Waals surface area contributed by atoms with Crippen LogP contribution < -0.4 is 0 Å². The zero-order chi connectivity index (χ0) is 21.6. The van der Waals surface area contributed by atoms with Gasteiger partial charge in [0, 0.05) is 22.3 Å². The van der Waals surface area contributed by atoms with Gasteiger partial charge in [0.15, 0.2) is 0 Å². The molecule has 1 aliphatic carbocycles. The molecular weight excluding hydrogens is 388 g/mol. The summed E-state index contributed by atoms with van der Waals surface area (Å²) in [5.41, 5.74) is 4.83. The molecule has 4 N–H and O–H groups in total. The molecule has 1 aliphatic rings. The highest BCUT2D eigenvalue weighted by molar-refractivity contribution is 5.87. The van der Waals surface area contributed by atoms with E-state index < -0.39 is 5.41 Å². The van der Waals surface area contributed by atoms with Gasteiger partial charge in [-0.25, -0.2) is 0 Å². The number of aliphatic hydroxyl groups is 2. The van der Waals surface area contributed by atoms with E-state index in [9.17, 15) is 20.4 Å². The average molecular weight is 410 g/mol. The van der Waals surface area contributed by atoms with E-state index in [-0.39, 0.29) is 24.7 Å². The molecule has 154 valence electrons. The monoisotopic (exact) mass is 410 g/mol. The van der Waals surface area contributed by atoms with E-state index in [0.29, 0.717) is 22.3 Å². The van der Waals surface area contributed by atoms with Crippen LogP contribution in [-0.2, 0) is 18.6 Å². The van der Waals surface area contributed by atoms with Crippen molar-refractivity contribution >= 4 is 0 Å². The summed E-state index contributed by atoms with van der Waals surface area (Å²) in [5, 5.41) is 42.2. The molecule has 0 aliphatic heterocycles. The number of aliphatic hydroxyl groups excluding tert-OH is 2. The lowest BCUT2D eigenvalue weighted by Crippen LogP contribution is -2.29. The largest absolute Gasteiger partial charge is 0.507 e. The van der Waals surface area contributed by atoms with Crippen molar-refractivity contribution in [3.8, 4) is 22.6 Å². The summed E-state index contributed by atoms with van der Waals surface area (Å²) >= 11 is 0. The van der Waals surface area contributed by atoms with Crippen LogP contribution in [0.2, 0.25) is 0 Å². The molecule has 0 heterocycles. The van der Waals surface area contributed by atoms with Crippen molar-refractivity contribution in [2.75, 3.05) is 0 Å². The average Bonchev–Trinajstić information content (AvgIpc) is 3.11. The molecule has 4 nitrogen and oxygen atoms in total. The Kier molecular flexibility index (Phi) is 4.54. The van der Waals surface area contributed by atoms with Crippen molar-refractivity contribution < 1.29 is 20.4 Å². The first-order valence-electron chi connectivity index (χ1n) is 10.2. The quantitative estimate of drug-likeness (QED) is 0.353. The normalized spacial score (nSPS) is 13.6. The second-order valence-electron chi connectivity index (χ2n) is 7.78. The van der Waals surface area contributed by atoms with Crippen LogP contribution in [0.25, 0.3) is 11.1 Å². The maximum Gasteiger partial charge on any atom is 0.125 e. The Hall–Kier alpha value is -3.60. The van der Waals surface area contributed by atoms with Crippen LogP contribution in [-0.4, -0.2) is 20.4 Å². The van der Waals surface area contributed by atoms with Crippen LogP contribution in [0.15, 0.2) is 84.9 Å². The topological polar surface area (TPSA) is 80.9 Å². The number of aromatic hydroxyl groups is 2. The van der Waals surface area contributed by atoms with Gasteiger partial charge in [0.25, 0.3) is 0 Å². The van der Waals surface area contributed by atoms with Gasteiger partial charge in [0.1, 0.15) is 11.5 Å². The first-order valence-corrected chi connectivity index (χ1v) is 10.2. The zero-order valence-electron chi connectivity index (χ0n) is 16.8. The van der Waals surface area contributed by atoms with Gasteiger partial charge < -0.3 is 20.4 Å². The van der Waals surface area contributed by atoms with E-state index in [0.717, 1.165) is 22.3 Å². The van der Waals surface area contributed by atoms with Crippen molar-refractivity contribution in [3.63, 3.8) is 0 Å². The summed E-state index contributed by atoms with van der Waals surface area (Å²) in [5.74, 6) is -0.0179. The fourth-order valence-electron chi connectivity index (χ4n) is 5.00. The van der Waals surface area contributed by atoms with Crippen molar-refractivity contribution in [3.05, 3.63) is 118 Å². The number of benzene rings is 4. The summed E-state index contributed by atoms with van der Waals surface area (Å²) < 4.78 is 0. The number of para-hydroxylation sites is 2. The molecule has 0 atom stereocenters. The molecular formula is C27H22O4. The summed E-state index contributed by atoms with van der Waals surface area (Å²) in [4.78, 5) is 0. The lowest BCUT2D eigenvalue weighted by molar-refractivity contribution is 0.274. The zero-order valence-corrected chi connectivity index (χ0v) is 16.8. The molecule has 0 spiro atoms. The van der Waals surface area contributed by atoms with Gasteiger partial charge in [-0.1, -0.05) is 84.9 Å². The van der Waals surface area contributed by atoms with Gasteiger partial charge in [-0.05, 0) is 22.3 Å². The third-order valence-corrected chi connectivity index (χ3v) is 6.34. The molecule has 4 aromatic rings. The standard InChI is InChI=1S/C27H22O4/c28-15-17-7-5-13-23(25(17)30)27(24-14-6-8-18(16-29)26(24)31)21-11-3-1-9-19(21)20-10-2-4-12-22(20)27/h1-14,28-31H,15-16H2. The van der Waals surface area contributed by atoms with Crippen molar-refractivity contribution in [2.24, 2.45) is 0 Å². The first-order chi connectivity index (χ1) is 15.1. The summed E-state index contributed by atoms with van der Waals surface area (Å²) in [6.45, 7) is -0.608. The number of hydrogen-bond acceptors (Lipinski definition) is 4. The van der Waals surface area contributed by atoms with Crippen molar-refractivity contribution in [2.45, 2.75) is 18.6 Å². The molecule has 31 heavy (non-hydrogen) atoms. The van der Waals surface area contributed by atoms with Crippen LogP contribution in [0.5, 0.6) is 11.5 Å². The van der Waals surface area contributed by atoms with Gasteiger partial charge in [-0.3, -0.25) is 0 Å². The van der Waals surface area contributed by atoms with Gasteiger partial charge in [0.2, 0.25) is 0 Å². The van der Waals surface area contributed by atoms with Crippen LogP contribution in [0.3, 0.4) is 0 Å². The third kappa shape index (κ3) is 2.56. The molecule has 4 aromatic carbocycles. The van der Waals surface area contributed by atoms with E-state index in [2.05, 4.69) is 0 Å². The molecule has 0 bridgehead atoms. The number of rotatable bonds is 4. The maximum absolute atomic E-state index is 11.3. The molecule has 5 rings (SSSR count). The Morgan fingerprint density at radius 3 is 1.29 bits per heavy atom. The molecule has 4 heteroatoms. The van der Waals surface area contributed by atoms with Gasteiger partial charge in [-0.15, -0.1) is 0 Å². The predicted molar refractivity (Wildman–Crippen MR) is 119 cm³/mol. The van der Waals surface area contributed by atoms with E-state index in [1.54, 1.807) is 24.3 Å². The van der Waals surface area contributed by atoms with Crippen molar-refractivity contribution in [1.82, 2.24) is 0 Å². The molecule has 0 saturated carbocycles. The number of fused-ring (bicyclic) bond motifs is 3. The minimum Gasteiger partial charge on any atom is -0.507 e. The van der Waals surface area contributed by atoms with Crippen LogP contribution >= 0.6 is 0 Å². The van der Waals surface area contributed by atoms with Crippen LogP contribution in [0, 0.1) is 0 Å². The molecule has 0 radical (unpaired) electrons. The lowest BCUT2D eigenvalue weighted by Gasteiger charge is -2.35. The van der Waals surface area contributed by atoms with E-state index in [1.807, 2.05) is 60.7 Å². The molecule has 0 saturated heterocycles. The highest BCUT2D eigenvalue weighted by atomic mass is 16.3. The SMILES string of the molecule is OCc1cccc(C2(c3cccc(CO)c3O)c3ccccc3-c3ccccc32)c1O. The highest BCUT2D eigenvalue weighted by Crippen LogP contribution is 2.59. The van der Waals surface area contributed by atoms with Crippen LogP contribution in [0.4, 0.5) is 0 Å². The second kappa shape index (κ2) is 7.27. The van der Waals surface area contributed by atoms with E-state index in [1.165, 1.54) is 0 Å². The molecule has 0 amide bonds. The number of hydrogen-bond donors (Lipinski definition) is 4. The smallest absolute Gasteiger partial charge is 0.125 e. The summed E-state index contributed by atoms with van der Waals surface area (Å²) in [6, 6.07) is 26.6. The predicted octanol–water partition coefficient (Wildman–Crippen LogP) is 4.45. The van der Waals surface area contributed by atoms with Crippen molar-refractivity contribution in [1.29, 1.82) is 0 Å². The Morgan fingerprint density at radius 1 is 0.484 bits per heavy atom. The lowest BCUT2D eigenvalue weighted by atomic mass is 9.66. The Bertz CT molecular complexity index is 1190. The second-order valence-corrected chi connectivity index (χ2v) is 7.78. The van der Waals surface area contributed by atoms with Crippen LogP contribution in [0.1, 0.15) is 33.4 Å². The summed E-state index contributed by atoms with van der Waals surface area (Å²) in [7, 11) is 0. The van der Waals surface area contributed by atoms with Gasteiger partial charge in [0.05, 0.1) is 18.6 Å². The fraction of sp³-hybridized carbons (Fsp3) is 0.111. The molecule has 0 fully saturated rings. The molecule has 0 aromatic heterocycles. The first kappa shape index (κ1) is 19.4. The van der Waals surface area contributed by atoms with Gasteiger partial charge in [-0.2, -0.15) is 0 Å². The fourth-order valence-corrected chi connectivity index (χ4v) is 5.00. The minimum atomic E-state index is -1.02. The minimum absolute atomic E-state index is 0.00897. The molecule has 0 unspecified atom stereocenters. The Balaban J connectivity index is 2.01. The van der Waals surface area contributed by atoms with E-state index in [4.69, 9.17) is 0 Å². The number of phenols is 2. The Labute approximate surface area is 180 Å². The highest BCUT2D eigenvalue weighted by Gasteiger charge is 2.49.